The molecule has 1 aromatic rings. The molecule has 0 aromatic heterocycles. The third kappa shape index (κ3) is 2.10. The summed E-state index contributed by atoms with van der Waals surface area (Å²) in [5.41, 5.74) is 0.845. The molecule has 3 rings (SSSR count). The van der Waals surface area contributed by atoms with Crippen LogP contribution in [0.5, 0.6) is 17.2 Å². The molecular weight excluding hydrogens is 254 g/mol. The quantitative estimate of drug-likeness (QED) is 0.865. The second kappa shape index (κ2) is 4.86. The highest BCUT2D eigenvalue weighted by atomic mass is 35.5. The van der Waals surface area contributed by atoms with Gasteiger partial charge < -0.3 is 19.9 Å². The first-order valence-electron chi connectivity index (χ1n) is 6.26. The van der Waals surface area contributed by atoms with E-state index in [4.69, 9.17) is 21.1 Å². The number of benzene rings is 1. The van der Waals surface area contributed by atoms with Gasteiger partial charge in [-0.15, -0.1) is 0 Å². The molecule has 2 aliphatic heterocycles. The molecule has 5 heteroatoms. The summed E-state index contributed by atoms with van der Waals surface area (Å²) in [5, 5.41) is 13.7. The van der Waals surface area contributed by atoms with Crippen LogP contribution in [0.1, 0.15) is 18.4 Å². The zero-order valence-corrected chi connectivity index (χ0v) is 10.8. The van der Waals surface area contributed by atoms with Crippen LogP contribution in [-0.2, 0) is 6.42 Å². The van der Waals surface area contributed by atoms with Gasteiger partial charge in [0.05, 0.1) is 0 Å². The minimum absolute atomic E-state index is 0.131. The van der Waals surface area contributed by atoms with E-state index in [1.54, 1.807) is 0 Å². The molecule has 0 bridgehead atoms. The Morgan fingerprint density at radius 3 is 3.11 bits per heavy atom. The summed E-state index contributed by atoms with van der Waals surface area (Å²) in [6, 6.07) is 1.85. The van der Waals surface area contributed by atoms with E-state index in [-0.39, 0.29) is 17.6 Å². The van der Waals surface area contributed by atoms with Crippen molar-refractivity contribution in [3.8, 4) is 17.2 Å². The molecule has 1 saturated heterocycles. The van der Waals surface area contributed by atoms with Crippen LogP contribution >= 0.6 is 11.6 Å². The van der Waals surface area contributed by atoms with Gasteiger partial charge in [0.15, 0.2) is 11.5 Å². The number of piperidine rings is 1. The molecule has 1 fully saturated rings. The van der Waals surface area contributed by atoms with Gasteiger partial charge in [0.2, 0.25) is 6.79 Å². The monoisotopic (exact) mass is 269 g/mol. The second-order valence-electron chi connectivity index (χ2n) is 4.85. The Bertz CT molecular complexity index is 458. The molecule has 1 unspecified atom stereocenters. The fourth-order valence-corrected chi connectivity index (χ4v) is 2.88. The van der Waals surface area contributed by atoms with E-state index in [2.05, 4.69) is 5.32 Å². The maximum atomic E-state index is 10.1. The van der Waals surface area contributed by atoms with Gasteiger partial charge in [-0.05, 0) is 49.9 Å². The molecule has 4 nitrogen and oxygen atoms in total. The first-order chi connectivity index (χ1) is 8.75. The van der Waals surface area contributed by atoms with Crippen molar-refractivity contribution in [2.75, 3.05) is 19.9 Å². The number of rotatable bonds is 2. The molecule has 0 amide bonds. The molecule has 0 spiro atoms. The van der Waals surface area contributed by atoms with Crippen LogP contribution in [0.2, 0.25) is 5.02 Å². The lowest BCUT2D eigenvalue weighted by atomic mass is 9.92. The highest BCUT2D eigenvalue weighted by Crippen LogP contribution is 2.46. The maximum absolute atomic E-state index is 10.1. The summed E-state index contributed by atoms with van der Waals surface area (Å²) in [4.78, 5) is 0. The fourth-order valence-electron chi connectivity index (χ4n) is 2.61. The lowest BCUT2D eigenvalue weighted by Gasteiger charge is -2.23. The van der Waals surface area contributed by atoms with Crippen LogP contribution in [0.3, 0.4) is 0 Å². The Morgan fingerprint density at radius 1 is 1.44 bits per heavy atom. The van der Waals surface area contributed by atoms with E-state index >= 15 is 0 Å². The standard InChI is InChI=1S/C13H16ClNO3/c14-11-12(16)9(4-8-2-1-3-15-6-8)5-10-13(11)18-7-17-10/h5,8,15-16H,1-4,6-7H2. The van der Waals surface area contributed by atoms with Crippen molar-refractivity contribution in [3.05, 3.63) is 16.7 Å². The van der Waals surface area contributed by atoms with Gasteiger partial charge in [-0.25, -0.2) is 0 Å². The van der Waals surface area contributed by atoms with E-state index < -0.39 is 0 Å². The molecule has 0 radical (unpaired) electrons. The predicted octanol–water partition coefficient (Wildman–Crippen LogP) is 2.32. The van der Waals surface area contributed by atoms with Crippen LogP contribution in [0.25, 0.3) is 0 Å². The number of hydrogen-bond acceptors (Lipinski definition) is 4. The number of ether oxygens (including phenoxy) is 2. The van der Waals surface area contributed by atoms with Gasteiger partial charge in [0, 0.05) is 0 Å². The Morgan fingerprint density at radius 2 is 2.33 bits per heavy atom. The molecular formula is C13H16ClNO3. The number of phenolic OH excluding ortho intramolecular Hbond substituents is 1. The van der Waals surface area contributed by atoms with Gasteiger partial charge in [-0.3, -0.25) is 0 Å². The minimum Gasteiger partial charge on any atom is -0.506 e. The maximum Gasteiger partial charge on any atom is 0.231 e. The van der Waals surface area contributed by atoms with Crippen molar-refractivity contribution in [1.29, 1.82) is 0 Å². The average Bonchev–Trinajstić information content (AvgIpc) is 2.85. The van der Waals surface area contributed by atoms with Crippen molar-refractivity contribution in [1.82, 2.24) is 5.32 Å². The molecule has 2 aliphatic rings. The van der Waals surface area contributed by atoms with Gasteiger partial charge in [0.1, 0.15) is 10.8 Å². The van der Waals surface area contributed by atoms with Crippen LogP contribution in [0.15, 0.2) is 6.07 Å². The van der Waals surface area contributed by atoms with Crippen LogP contribution < -0.4 is 14.8 Å². The third-order valence-corrected chi connectivity index (χ3v) is 3.92. The van der Waals surface area contributed by atoms with Crippen molar-refractivity contribution >= 4 is 11.6 Å². The average molecular weight is 270 g/mol. The molecule has 0 saturated carbocycles. The topological polar surface area (TPSA) is 50.7 Å². The van der Waals surface area contributed by atoms with E-state index in [1.165, 1.54) is 12.8 Å². The second-order valence-corrected chi connectivity index (χ2v) is 5.23. The number of phenols is 1. The van der Waals surface area contributed by atoms with Crippen molar-refractivity contribution in [3.63, 3.8) is 0 Å². The molecule has 2 N–H and O–H groups in total. The number of fused-ring (bicyclic) bond motifs is 1. The Hall–Kier alpha value is -1.13. The smallest absolute Gasteiger partial charge is 0.231 e. The number of nitrogens with one attached hydrogen (secondary N) is 1. The van der Waals surface area contributed by atoms with Gasteiger partial charge in [-0.1, -0.05) is 11.6 Å². The van der Waals surface area contributed by atoms with E-state index in [1.807, 2.05) is 6.07 Å². The van der Waals surface area contributed by atoms with E-state index in [0.717, 1.165) is 25.1 Å². The van der Waals surface area contributed by atoms with Crippen LogP contribution in [0.4, 0.5) is 0 Å². The highest BCUT2D eigenvalue weighted by Gasteiger charge is 2.24. The largest absolute Gasteiger partial charge is 0.506 e. The number of aromatic hydroxyl groups is 1. The lowest BCUT2D eigenvalue weighted by molar-refractivity contribution is 0.174. The molecule has 98 valence electrons. The zero-order valence-electron chi connectivity index (χ0n) is 10.0. The normalized spacial score (nSPS) is 22.2. The van der Waals surface area contributed by atoms with Gasteiger partial charge in [-0.2, -0.15) is 0 Å². The Labute approximate surface area is 111 Å². The first-order valence-corrected chi connectivity index (χ1v) is 6.64. The predicted molar refractivity (Wildman–Crippen MR) is 68.5 cm³/mol. The molecule has 0 aliphatic carbocycles. The van der Waals surface area contributed by atoms with Gasteiger partial charge >= 0.3 is 0 Å². The Kier molecular flexibility index (Phi) is 3.22. The summed E-state index contributed by atoms with van der Waals surface area (Å²) in [5.74, 6) is 1.77. The van der Waals surface area contributed by atoms with Crippen LogP contribution in [-0.4, -0.2) is 25.0 Å². The highest BCUT2D eigenvalue weighted by molar-refractivity contribution is 6.34. The van der Waals surface area contributed by atoms with E-state index in [9.17, 15) is 5.11 Å². The zero-order chi connectivity index (χ0) is 12.5. The minimum atomic E-state index is 0.131. The fraction of sp³-hybridized carbons (Fsp3) is 0.538. The first kappa shape index (κ1) is 11.9. The summed E-state index contributed by atoms with van der Waals surface area (Å²) >= 11 is 6.09. The number of halogens is 1. The van der Waals surface area contributed by atoms with Crippen molar-refractivity contribution in [2.24, 2.45) is 5.92 Å². The summed E-state index contributed by atoms with van der Waals surface area (Å²) in [6.45, 7) is 2.25. The number of hydrogen-bond donors (Lipinski definition) is 2. The van der Waals surface area contributed by atoms with Crippen LogP contribution in [0, 0.1) is 5.92 Å². The summed E-state index contributed by atoms with van der Waals surface area (Å²) in [7, 11) is 0. The summed E-state index contributed by atoms with van der Waals surface area (Å²) < 4.78 is 10.6. The van der Waals surface area contributed by atoms with Crippen molar-refractivity contribution in [2.45, 2.75) is 19.3 Å². The summed E-state index contributed by atoms with van der Waals surface area (Å²) in [6.07, 6.45) is 3.18. The molecule has 18 heavy (non-hydrogen) atoms. The van der Waals surface area contributed by atoms with E-state index in [0.29, 0.717) is 17.4 Å². The molecule has 2 heterocycles. The SMILES string of the molecule is Oc1c(CC2CCCNC2)cc2c(c1Cl)OCO2. The molecule has 1 aromatic carbocycles. The van der Waals surface area contributed by atoms with Gasteiger partial charge in [0.25, 0.3) is 0 Å². The lowest BCUT2D eigenvalue weighted by Crippen LogP contribution is -2.30. The van der Waals surface area contributed by atoms with Crippen molar-refractivity contribution < 1.29 is 14.6 Å². The third-order valence-electron chi connectivity index (χ3n) is 3.57. The molecule has 1 atom stereocenters. The Balaban J connectivity index is 1.85.